The molecule has 0 aliphatic heterocycles. The van der Waals surface area contributed by atoms with Crippen LogP contribution in [0.5, 0.6) is 5.75 Å². The van der Waals surface area contributed by atoms with Gasteiger partial charge in [0.15, 0.2) is 6.61 Å². The minimum absolute atomic E-state index is 0.0465. The highest BCUT2D eigenvalue weighted by atomic mass is 16.5. The summed E-state index contributed by atoms with van der Waals surface area (Å²) >= 11 is 0. The zero-order valence-corrected chi connectivity index (χ0v) is 18.0. The van der Waals surface area contributed by atoms with E-state index in [4.69, 9.17) is 4.74 Å². The summed E-state index contributed by atoms with van der Waals surface area (Å²) in [5, 5.41) is 5.85. The van der Waals surface area contributed by atoms with Crippen LogP contribution >= 0.6 is 0 Å². The Morgan fingerprint density at radius 3 is 2.00 bits per heavy atom. The zero-order valence-electron chi connectivity index (χ0n) is 18.0. The summed E-state index contributed by atoms with van der Waals surface area (Å²) in [7, 11) is 0. The molecular formula is C27H28N2O3. The van der Waals surface area contributed by atoms with Crippen LogP contribution in [-0.4, -0.2) is 25.0 Å². The molecule has 5 heteroatoms. The average molecular weight is 429 g/mol. The van der Waals surface area contributed by atoms with Gasteiger partial charge in [0.1, 0.15) is 5.75 Å². The van der Waals surface area contributed by atoms with Crippen molar-refractivity contribution in [3.05, 3.63) is 96.1 Å². The number of hydrogen-bond acceptors (Lipinski definition) is 3. The second kappa shape index (κ2) is 10.6. The summed E-state index contributed by atoms with van der Waals surface area (Å²) < 4.78 is 5.59. The number of rotatable bonds is 10. The van der Waals surface area contributed by atoms with E-state index in [0.717, 1.165) is 24.9 Å². The Labute approximate surface area is 188 Å². The molecule has 1 aliphatic rings. The first kappa shape index (κ1) is 21.6. The average Bonchev–Trinajstić information content (AvgIpc) is 3.68. The third kappa shape index (κ3) is 6.20. The molecule has 3 aromatic carbocycles. The lowest BCUT2D eigenvalue weighted by Gasteiger charge is -2.18. The maximum absolute atomic E-state index is 12.3. The molecule has 2 amide bonds. The van der Waals surface area contributed by atoms with Crippen LogP contribution in [0.1, 0.15) is 36.3 Å². The van der Waals surface area contributed by atoms with E-state index in [9.17, 15) is 9.59 Å². The number of benzene rings is 3. The molecule has 0 aromatic heterocycles. The molecule has 0 bridgehead atoms. The molecule has 3 aromatic rings. The molecule has 0 radical (unpaired) electrons. The van der Waals surface area contributed by atoms with Crippen LogP contribution in [0, 0.1) is 5.92 Å². The minimum atomic E-state index is -0.156. The Kier molecular flexibility index (Phi) is 7.18. The first-order valence-electron chi connectivity index (χ1n) is 11.1. The van der Waals surface area contributed by atoms with Gasteiger partial charge >= 0.3 is 0 Å². The van der Waals surface area contributed by atoms with Gasteiger partial charge in [-0.1, -0.05) is 60.7 Å². The Hall–Kier alpha value is -3.60. The van der Waals surface area contributed by atoms with Crippen molar-refractivity contribution >= 4 is 17.5 Å². The first-order chi connectivity index (χ1) is 15.7. The van der Waals surface area contributed by atoms with Gasteiger partial charge in [0.25, 0.3) is 5.91 Å². The van der Waals surface area contributed by atoms with E-state index in [-0.39, 0.29) is 30.3 Å². The Morgan fingerprint density at radius 2 is 1.44 bits per heavy atom. The Morgan fingerprint density at radius 1 is 0.844 bits per heavy atom. The molecule has 2 N–H and O–H groups in total. The van der Waals surface area contributed by atoms with Crippen LogP contribution in [0.25, 0.3) is 0 Å². The molecule has 4 rings (SSSR count). The van der Waals surface area contributed by atoms with E-state index in [1.807, 2.05) is 36.4 Å². The van der Waals surface area contributed by atoms with Crippen molar-refractivity contribution in [3.63, 3.8) is 0 Å². The summed E-state index contributed by atoms with van der Waals surface area (Å²) in [6.45, 7) is 0.512. The monoisotopic (exact) mass is 428 g/mol. The highest BCUT2D eigenvalue weighted by Gasteiger charge is 2.29. The first-order valence-corrected chi connectivity index (χ1v) is 11.1. The van der Waals surface area contributed by atoms with Gasteiger partial charge in [0.2, 0.25) is 5.91 Å². The van der Waals surface area contributed by atoms with E-state index in [1.165, 1.54) is 11.1 Å². The standard InChI is InChI=1S/C27H28N2O3/c30-26(19-32-24-15-13-23(14-16-24)29-27(31)22-11-12-22)28-18-17-25(20-7-3-1-4-8-20)21-9-5-2-6-10-21/h1-10,13-16,22,25H,11-12,17-19H2,(H,28,30)(H,29,31). The lowest BCUT2D eigenvalue weighted by atomic mass is 9.88. The molecule has 0 heterocycles. The largest absolute Gasteiger partial charge is 0.484 e. The molecule has 1 fully saturated rings. The second-order valence-corrected chi connectivity index (χ2v) is 8.09. The smallest absolute Gasteiger partial charge is 0.257 e. The van der Waals surface area contributed by atoms with Crippen LogP contribution in [0.2, 0.25) is 0 Å². The van der Waals surface area contributed by atoms with Crippen LogP contribution in [-0.2, 0) is 9.59 Å². The molecule has 5 nitrogen and oxygen atoms in total. The van der Waals surface area contributed by atoms with Gasteiger partial charge in [-0.05, 0) is 54.7 Å². The number of hydrogen-bond donors (Lipinski definition) is 2. The number of nitrogens with one attached hydrogen (secondary N) is 2. The van der Waals surface area contributed by atoms with E-state index in [1.54, 1.807) is 24.3 Å². The van der Waals surface area contributed by atoms with E-state index >= 15 is 0 Å². The number of anilines is 1. The SMILES string of the molecule is O=C(COc1ccc(NC(=O)C2CC2)cc1)NCCC(c1ccccc1)c1ccccc1. The second-order valence-electron chi connectivity index (χ2n) is 8.09. The van der Waals surface area contributed by atoms with Crippen LogP contribution < -0.4 is 15.4 Å². The highest BCUT2D eigenvalue weighted by molar-refractivity contribution is 5.94. The predicted octanol–water partition coefficient (Wildman–Crippen LogP) is 4.75. The van der Waals surface area contributed by atoms with Crippen molar-refractivity contribution in [2.24, 2.45) is 5.92 Å². The number of carbonyl (C=O) groups excluding carboxylic acids is 2. The maximum Gasteiger partial charge on any atom is 0.257 e. The van der Waals surface area contributed by atoms with Gasteiger partial charge < -0.3 is 15.4 Å². The number of carbonyl (C=O) groups is 2. The van der Waals surface area contributed by atoms with E-state index in [2.05, 4.69) is 34.9 Å². The Bertz CT molecular complexity index is 976. The van der Waals surface area contributed by atoms with Crippen molar-refractivity contribution < 1.29 is 14.3 Å². The summed E-state index contributed by atoms with van der Waals surface area (Å²) in [6, 6.07) is 27.8. The fourth-order valence-electron chi connectivity index (χ4n) is 3.68. The predicted molar refractivity (Wildman–Crippen MR) is 126 cm³/mol. The van der Waals surface area contributed by atoms with Crippen molar-refractivity contribution in [1.29, 1.82) is 0 Å². The lowest BCUT2D eigenvalue weighted by molar-refractivity contribution is -0.123. The third-order valence-corrected chi connectivity index (χ3v) is 5.60. The molecule has 1 saturated carbocycles. The molecule has 0 spiro atoms. The molecule has 0 atom stereocenters. The molecular weight excluding hydrogens is 400 g/mol. The van der Waals surface area contributed by atoms with Crippen LogP contribution in [0.4, 0.5) is 5.69 Å². The topological polar surface area (TPSA) is 67.4 Å². The molecule has 32 heavy (non-hydrogen) atoms. The molecule has 1 aliphatic carbocycles. The fraction of sp³-hybridized carbons (Fsp3) is 0.259. The molecule has 164 valence electrons. The third-order valence-electron chi connectivity index (χ3n) is 5.60. The molecule has 0 unspecified atom stereocenters. The van der Waals surface area contributed by atoms with Crippen molar-refractivity contribution in [1.82, 2.24) is 5.32 Å². The van der Waals surface area contributed by atoms with E-state index < -0.39 is 0 Å². The van der Waals surface area contributed by atoms with Gasteiger partial charge in [-0.25, -0.2) is 0 Å². The highest BCUT2D eigenvalue weighted by Crippen LogP contribution is 2.30. The fourth-order valence-corrected chi connectivity index (χ4v) is 3.68. The van der Waals surface area contributed by atoms with Gasteiger partial charge in [0.05, 0.1) is 0 Å². The van der Waals surface area contributed by atoms with Crippen LogP contribution in [0.15, 0.2) is 84.9 Å². The number of ether oxygens (including phenoxy) is 1. The van der Waals surface area contributed by atoms with Crippen molar-refractivity contribution in [2.75, 3.05) is 18.5 Å². The number of amides is 2. The Balaban J connectivity index is 1.24. The zero-order chi connectivity index (χ0) is 22.2. The minimum Gasteiger partial charge on any atom is -0.484 e. The lowest BCUT2D eigenvalue weighted by Crippen LogP contribution is -2.30. The maximum atomic E-state index is 12.3. The van der Waals surface area contributed by atoms with Gasteiger partial charge in [-0.2, -0.15) is 0 Å². The summed E-state index contributed by atoms with van der Waals surface area (Å²) in [5.41, 5.74) is 3.21. The van der Waals surface area contributed by atoms with Gasteiger partial charge in [-0.15, -0.1) is 0 Å². The van der Waals surface area contributed by atoms with E-state index in [0.29, 0.717) is 12.3 Å². The van der Waals surface area contributed by atoms with Gasteiger partial charge in [0, 0.05) is 24.1 Å². The summed E-state index contributed by atoms with van der Waals surface area (Å²) in [4.78, 5) is 24.1. The summed E-state index contributed by atoms with van der Waals surface area (Å²) in [5.74, 6) is 0.893. The normalized spacial score (nSPS) is 12.9. The van der Waals surface area contributed by atoms with Crippen LogP contribution in [0.3, 0.4) is 0 Å². The molecule has 0 saturated heterocycles. The van der Waals surface area contributed by atoms with Crippen molar-refractivity contribution in [3.8, 4) is 5.75 Å². The van der Waals surface area contributed by atoms with Crippen molar-refractivity contribution in [2.45, 2.75) is 25.2 Å². The quantitative estimate of drug-likeness (QED) is 0.490. The summed E-state index contributed by atoms with van der Waals surface area (Å²) in [6.07, 6.45) is 2.74. The van der Waals surface area contributed by atoms with Gasteiger partial charge in [-0.3, -0.25) is 9.59 Å².